The number of hydrogen-bond acceptors (Lipinski definition) is 2. The number of nitrogens with zero attached hydrogens (tertiary/aromatic N) is 3. The molecular weight excluding hydrogens is 312 g/mol. The van der Waals surface area contributed by atoms with Gasteiger partial charge in [0.25, 0.3) is 0 Å². The van der Waals surface area contributed by atoms with E-state index in [1.165, 1.54) is 17.3 Å². The average molecular weight is 333 g/mol. The molecule has 2 aromatic rings. The molecule has 0 atom stereocenters. The minimum absolute atomic E-state index is 0.0312. The van der Waals surface area contributed by atoms with E-state index < -0.39 is 12.0 Å². The molecule has 0 radical (unpaired) electrons. The third kappa shape index (κ3) is 2.92. The summed E-state index contributed by atoms with van der Waals surface area (Å²) in [6.07, 6.45) is 4.15. The molecule has 1 aliphatic rings. The Hall–Kier alpha value is -2.24. The summed E-state index contributed by atoms with van der Waals surface area (Å²) in [7, 11) is 1.65. The summed E-state index contributed by atoms with van der Waals surface area (Å²) in [5.74, 6) is 0.161. The molecule has 1 aliphatic carbocycles. The predicted octanol–water partition coefficient (Wildman–Crippen LogP) is 3.59. The van der Waals surface area contributed by atoms with Gasteiger partial charge in [-0.1, -0.05) is 29.3 Å². The summed E-state index contributed by atoms with van der Waals surface area (Å²) in [6, 6.07) is 6.17. The molecule has 128 valence electrons. The minimum Gasteiger partial charge on any atom is -0.338 e. The number of carbonyl (C=O) groups excluding carboxylic acids is 1. The van der Waals surface area contributed by atoms with Crippen LogP contribution in [0.4, 0.5) is 8.78 Å². The molecule has 0 unspecified atom stereocenters. The van der Waals surface area contributed by atoms with Crippen LogP contribution in [0.2, 0.25) is 0 Å². The number of aromatic nitrogens is 2. The number of aryl methyl sites for hydroxylation is 2. The van der Waals surface area contributed by atoms with Gasteiger partial charge in [-0.25, -0.2) is 4.98 Å². The Morgan fingerprint density at radius 1 is 1.29 bits per heavy atom. The number of benzene rings is 1. The highest BCUT2D eigenvalue weighted by Gasteiger charge is 2.52. The van der Waals surface area contributed by atoms with Gasteiger partial charge in [-0.15, -0.1) is 0 Å². The van der Waals surface area contributed by atoms with Gasteiger partial charge in [0.2, 0.25) is 5.91 Å². The molecule has 6 heteroatoms. The van der Waals surface area contributed by atoms with Gasteiger partial charge in [-0.05, 0) is 32.3 Å². The second-order valence-electron chi connectivity index (χ2n) is 6.65. The van der Waals surface area contributed by atoms with E-state index in [0.29, 0.717) is 0 Å². The van der Waals surface area contributed by atoms with Gasteiger partial charge in [-0.3, -0.25) is 9.36 Å². The van der Waals surface area contributed by atoms with E-state index >= 15 is 0 Å². The second-order valence-corrected chi connectivity index (χ2v) is 6.65. The van der Waals surface area contributed by atoms with E-state index in [0.717, 1.165) is 34.1 Å². The van der Waals surface area contributed by atoms with Crippen LogP contribution in [0.3, 0.4) is 0 Å². The van der Waals surface area contributed by atoms with E-state index in [9.17, 15) is 13.6 Å². The van der Waals surface area contributed by atoms with Crippen molar-refractivity contribution in [2.45, 2.75) is 45.2 Å². The molecule has 0 bridgehead atoms. The van der Waals surface area contributed by atoms with Crippen LogP contribution in [0.25, 0.3) is 0 Å². The number of amides is 1. The number of imidazole rings is 1. The number of halogens is 2. The van der Waals surface area contributed by atoms with Crippen LogP contribution in [0.5, 0.6) is 0 Å². The molecule has 4 nitrogen and oxygen atoms in total. The second kappa shape index (κ2) is 6.00. The lowest BCUT2D eigenvalue weighted by molar-refractivity contribution is -0.133. The van der Waals surface area contributed by atoms with Gasteiger partial charge in [0.05, 0.1) is 12.0 Å². The zero-order chi connectivity index (χ0) is 17.5. The van der Waals surface area contributed by atoms with Crippen molar-refractivity contribution in [2.24, 2.45) is 0 Å². The van der Waals surface area contributed by atoms with Crippen molar-refractivity contribution in [3.63, 3.8) is 0 Å². The van der Waals surface area contributed by atoms with E-state index in [2.05, 4.69) is 11.1 Å². The lowest BCUT2D eigenvalue weighted by Crippen LogP contribution is -2.37. The van der Waals surface area contributed by atoms with Crippen LogP contribution >= 0.6 is 0 Å². The molecule has 0 aliphatic heterocycles. The van der Waals surface area contributed by atoms with E-state index in [1.54, 1.807) is 7.05 Å². The molecule has 3 rings (SSSR count). The van der Waals surface area contributed by atoms with Crippen molar-refractivity contribution in [2.75, 3.05) is 7.05 Å². The first-order valence-corrected chi connectivity index (χ1v) is 7.98. The number of carbonyl (C=O) groups is 1. The normalized spacial score (nSPS) is 15.6. The molecule has 24 heavy (non-hydrogen) atoms. The summed E-state index contributed by atoms with van der Waals surface area (Å²) in [5.41, 5.74) is 2.77. The smallest absolute Gasteiger partial charge is 0.319 e. The van der Waals surface area contributed by atoms with Crippen LogP contribution in [-0.2, 0) is 16.8 Å². The van der Waals surface area contributed by atoms with Crippen LogP contribution in [0.1, 0.15) is 41.9 Å². The fraction of sp³-hybridized carbons (Fsp3) is 0.444. The zero-order valence-corrected chi connectivity index (χ0v) is 14.1. The number of hydrogen-bond donors (Lipinski definition) is 0. The molecule has 1 fully saturated rings. The van der Waals surface area contributed by atoms with Crippen molar-refractivity contribution >= 4 is 5.91 Å². The van der Waals surface area contributed by atoms with E-state index in [1.807, 2.05) is 26.0 Å². The molecule has 0 spiro atoms. The van der Waals surface area contributed by atoms with Crippen molar-refractivity contribution < 1.29 is 13.6 Å². The Morgan fingerprint density at radius 2 is 1.92 bits per heavy atom. The standard InChI is InChI=1S/C18H21F2N3O/c1-12-8-13(2)10-14(9-12)18(4-5-18)16(24)22(3)11-15-21-6-7-23(15)17(19)20/h6-10,17H,4-5,11H2,1-3H3. The topological polar surface area (TPSA) is 38.1 Å². The Balaban J connectivity index is 1.81. The van der Waals surface area contributed by atoms with Gasteiger partial charge in [-0.2, -0.15) is 8.78 Å². The Labute approximate surface area is 140 Å². The van der Waals surface area contributed by atoms with E-state index in [-0.39, 0.29) is 18.3 Å². The molecule has 1 amide bonds. The van der Waals surface area contributed by atoms with Gasteiger partial charge < -0.3 is 4.90 Å². The van der Waals surface area contributed by atoms with Gasteiger partial charge >= 0.3 is 6.55 Å². The van der Waals surface area contributed by atoms with Crippen LogP contribution < -0.4 is 0 Å². The molecule has 0 N–H and O–H groups in total. The summed E-state index contributed by atoms with van der Waals surface area (Å²) in [5, 5.41) is 0. The molecule has 0 saturated heterocycles. The number of alkyl halides is 2. The Morgan fingerprint density at radius 3 is 2.46 bits per heavy atom. The van der Waals surface area contributed by atoms with Crippen LogP contribution in [0, 0.1) is 13.8 Å². The minimum atomic E-state index is -2.65. The maximum absolute atomic E-state index is 13.0. The van der Waals surface area contributed by atoms with Gasteiger partial charge in [0.1, 0.15) is 5.82 Å². The average Bonchev–Trinajstić information content (AvgIpc) is 3.19. The zero-order valence-electron chi connectivity index (χ0n) is 14.1. The number of likely N-dealkylation sites (N-methyl/N-ethyl adjacent to an activating group) is 1. The van der Waals surface area contributed by atoms with Crippen molar-refractivity contribution in [3.05, 3.63) is 53.1 Å². The lowest BCUT2D eigenvalue weighted by Gasteiger charge is -2.24. The third-order valence-electron chi connectivity index (χ3n) is 4.62. The third-order valence-corrected chi connectivity index (χ3v) is 4.62. The van der Waals surface area contributed by atoms with Gasteiger partial charge in [0, 0.05) is 19.4 Å². The molecular formula is C18H21F2N3O. The van der Waals surface area contributed by atoms with Crippen molar-refractivity contribution in [3.8, 4) is 0 Å². The first kappa shape index (κ1) is 16.6. The van der Waals surface area contributed by atoms with Gasteiger partial charge in [0.15, 0.2) is 0 Å². The lowest BCUT2D eigenvalue weighted by atomic mass is 9.91. The molecule has 1 aromatic carbocycles. The molecule has 1 heterocycles. The highest BCUT2D eigenvalue weighted by molar-refractivity contribution is 5.91. The molecule has 1 aromatic heterocycles. The fourth-order valence-electron chi connectivity index (χ4n) is 3.30. The molecule has 1 saturated carbocycles. The maximum atomic E-state index is 13.0. The number of rotatable bonds is 5. The van der Waals surface area contributed by atoms with Crippen molar-refractivity contribution in [1.82, 2.24) is 14.5 Å². The summed E-state index contributed by atoms with van der Waals surface area (Å²) in [6.45, 7) is 1.45. The predicted molar refractivity (Wildman–Crippen MR) is 86.8 cm³/mol. The monoisotopic (exact) mass is 333 g/mol. The largest absolute Gasteiger partial charge is 0.338 e. The summed E-state index contributed by atoms with van der Waals surface area (Å²) >= 11 is 0. The Kier molecular flexibility index (Phi) is 4.15. The SMILES string of the molecule is Cc1cc(C)cc(C2(C(=O)N(C)Cc3nccn3C(F)F)CC2)c1. The quantitative estimate of drug-likeness (QED) is 0.839. The van der Waals surface area contributed by atoms with Crippen molar-refractivity contribution in [1.29, 1.82) is 0 Å². The maximum Gasteiger partial charge on any atom is 0.319 e. The first-order valence-electron chi connectivity index (χ1n) is 7.98. The van der Waals surface area contributed by atoms with Crippen LogP contribution in [-0.4, -0.2) is 27.4 Å². The first-order chi connectivity index (χ1) is 11.3. The van der Waals surface area contributed by atoms with E-state index in [4.69, 9.17) is 0 Å². The Bertz CT molecular complexity index is 745. The summed E-state index contributed by atoms with van der Waals surface area (Å²) in [4.78, 5) is 18.4. The summed E-state index contributed by atoms with van der Waals surface area (Å²) < 4.78 is 26.7. The van der Waals surface area contributed by atoms with Crippen LogP contribution in [0.15, 0.2) is 30.6 Å². The highest BCUT2D eigenvalue weighted by Crippen LogP contribution is 2.50. The fourth-order valence-corrected chi connectivity index (χ4v) is 3.30. The highest BCUT2D eigenvalue weighted by atomic mass is 19.3.